The number of carbonyl (C=O) groups is 4. The molecule has 12 heteroatoms. The molecule has 0 aromatic heterocycles. The van der Waals surface area contributed by atoms with Crippen LogP contribution < -0.4 is 5.32 Å². The number of aliphatic hydroxyl groups excluding tert-OH is 1. The average molecular weight is 703 g/mol. The van der Waals surface area contributed by atoms with Crippen LogP contribution in [0.2, 0.25) is 0 Å². The molecule has 2 fully saturated rings. The fourth-order valence-electron chi connectivity index (χ4n) is 7.19. The van der Waals surface area contributed by atoms with Crippen LogP contribution in [0.15, 0.2) is 53.0 Å². The number of cyclic esters (lactones) is 1. The molecule has 4 aliphatic rings. The number of allylic oxidation sites excluding steroid dienone is 1. The van der Waals surface area contributed by atoms with Gasteiger partial charge in [-0.1, -0.05) is 78.2 Å². The van der Waals surface area contributed by atoms with Crippen molar-refractivity contribution in [2.24, 2.45) is 11.8 Å². The average Bonchev–Trinajstić information content (AvgIpc) is 3.64. The lowest BCUT2D eigenvalue weighted by molar-refractivity contribution is -0.162. The summed E-state index contributed by atoms with van der Waals surface area (Å²) in [4.78, 5) is 59.5. The maximum Gasteiger partial charge on any atom is 0.313 e. The molecule has 5 rings (SSSR count). The Bertz CT molecular complexity index is 1340. The van der Waals surface area contributed by atoms with Crippen LogP contribution in [-0.2, 0) is 33.4 Å². The lowest BCUT2D eigenvalue weighted by Crippen LogP contribution is -2.56. The normalized spacial score (nSPS) is 32.3. The summed E-state index contributed by atoms with van der Waals surface area (Å²) in [6.45, 7) is 2.92. The number of aliphatic hydroxyl groups is 1. The van der Waals surface area contributed by atoms with Crippen molar-refractivity contribution in [3.63, 3.8) is 0 Å². The minimum atomic E-state index is -1.39. The van der Waals surface area contributed by atoms with Gasteiger partial charge in [-0.25, -0.2) is 0 Å². The van der Waals surface area contributed by atoms with Crippen molar-refractivity contribution in [1.29, 1.82) is 0 Å². The first kappa shape index (κ1) is 34.3. The van der Waals surface area contributed by atoms with E-state index in [9.17, 15) is 24.3 Å². The SMILES string of the molecule is CCCCCN1C/C=C\CCC(=O)N[C@@H](COC)[C@H](c2ccccc2)OC(=O)[C@H]2[C@@H]3O[C@@]4(C=C3Br)[C@@H]2C(=O)N(CCCO)[C@@H]4C1=O. The van der Waals surface area contributed by atoms with Crippen LogP contribution in [0.5, 0.6) is 0 Å². The molecule has 4 heterocycles. The zero-order valence-electron chi connectivity index (χ0n) is 26.4. The summed E-state index contributed by atoms with van der Waals surface area (Å²) in [7, 11) is 1.51. The molecule has 0 saturated carbocycles. The van der Waals surface area contributed by atoms with Crippen LogP contribution >= 0.6 is 15.9 Å². The molecule has 0 unspecified atom stereocenters. The number of benzene rings is 1. The van der Waals surface area contributed by atoms with Crippen LogP contribution in [0.3, 0.4) is 0 Å². The molecule has 250 valence electrons. The van der Waals surface area contributed by atoms with Crippen molar-refractivity contribution in [2.45, 2.75) is 75.3 Å². The minimum Gasteiger partial charge on any atom is -0.455 e. The minimum absolute atomic E-state index is 0.0765. The van der Waals surface area contributed by atoms with Gasteiger partial charge in [0.05, 0.1) is 18.6 Å². The second-order valence-corrected chi connectivity index (χ2v) is 13.3. The summed E-state index contributed by atoms with van der Waals surface area (Å²) in [6, 6.07) is 7.37. The first-order valence-corrected chi connectivity index (χ1v) is 17.0. The standard InChI is InChI=1S/C34H44BrN3O8/c1-3-4-10-16-37-17-11-6-9-15-25(40)36-24(21-44-2)28(22-13-7-5-8-14-22)45-33(43)26-27-31(41)38(18-12-19-39)30(32(37)42)34(27)20-23(35)29(26)46-34/h5-8,11,13-14,20,24,26-30,39H,3-4,9-10,12,15-19,21H2,1-2H3,(H,36,40)/b11-6-/t24-,26+,27-,28-,29+,30+,34-/m0/s1. The Morgan fingerprint density at radius 1 is 1.04 bits per heavy atom. The van der Waals surface area contributed by atoms with Crippen LogP contribution in [-0.4, -0.2) is 102 Å². The van der Waals surface area contributed by atoms with Crippen LogP contribution in [0.4, 0.5) is 0 Å². The van der Waals surface area contributed by atoms with Gasteiger partial charge in [-0.15, -0.1) is 0 Å². The zero-order valence-corrected chi connectivity index (χ0v) is 28.0. The predicted octanol–water partition coefficient (Wildman–Crippen LogP) is 3.03. The molecule has 0 aliphatic carbocycles. The Morgan fingerprint density at radius 2 is 1.83 bits per heavy atom. The smallest absolute Gasteiger partial charge is 0.313 e. The number of ether oxygens (including phenoxy) is 3. The van der Waals surface area contributed by atoms with E-state index in [1.807, 2.05) is 42.5 Å². The largest absolute Gasteiger partial charge is 0.455 e. The number of fused-ring (bicyclic) bond motifs is 2. The number of nitrogens with zero attached hydrogens (tertiary/aromatic N) is 2. The van der Waals surface area contributed by atoms with Crippen LogP contribution in [0.1, 0.15) is 57.1 Å². The van der Waals surface area contributed by atoms with Crippen molar-refractivity contribution in [3.8, 4) is 0 Å². The predicted molar refractivity (Wildman–Crippen MR) is 172 cm³/mol. The van der Waals surface area contributed by atoms with Gasteiger partial charge in [-0.05, 0) is 30.9 Å². The number of halogens is 1. The number of rotatable bonds is 10. The van der Waals surface area contributed by atoms with E-state index >= 15 is 0 Å². The first-order valence-electron chi connectivity index (χ1n) is 16.2. The van der Waals surface area contributed by atoms with E-state index in [4.69, 9.17) is 14.2 Å². The Hall–Kier alpha value is -3.06. The molecule has 0 radical (unpaired) electrons. The maximum absolute atomic E-state index is 14.5. The molecule has 1 aromatic carbocycles. The van der Waals surface area contributed by atoms with E-state index < -0.39 is 47.7 Å². The van der Waals surface area contributed by atoms with E-state index in [2.05, 4.69) is 28.2 Å². The second-order valence-electron chi connectivity index (χ2n) is 12.3. The Morgan fingerprint density at radius 3 is 2.54 bits per heavy atom. The van der Waals surface area contributed by atoms with Crippen molar-refractivity contribution in [3.05, 3.63) is 58.6 Å². The molecule has 3 amide bonds. The van der Waals surface area contributed by atoms with Crippen molar-refractivity contribution < 1.29 is 38.5 Å². The highest BCUT2D eigenvalue weighted by Crippen LogP contribution is 2.59. The number of carbonyl (C=O) groups excluding carboxylic acids is 4. The maximum atomic E-state index is 14.5. The molecule has 5 bridgehead atoms. The quantitative estimate of drug-likeness (QED) is 0.216. The van der Waals surface area contributed by atoms with Gasteiger partial charge < -0.3 is 34.4 Å². The highest BCUT2D eigenvalue weighted by Gasteiger charge is 2.74. The highest BCUT2D eigenvalue weighted by atomic mass is 79.9. The number of nitrogens with one attached hydrogen (secondary N) is 1. The van der Waals surface area contributed by atoms with E-state index in [1.165, 1.54) is 12.0 Å². The molecule has 4 aliphatic heterocycles. The monoisotopic (exact) mass is 701 g/mol. The molecule has 2 N–H and O–H groups in total. The van der Waals surface area contributed by atoms with E-state index in [0.29, 0.717) is 29.6 Å². The fourth-order valence-corrected chi connectivity index (χ4v) is 7.93. The third kappa shape index (κ3) is 6.67. The lowest BCUT2D eigenvalue weighted by atomic mass is 9.74. The van der Waals surface area contributed by atoms with Crippen molar-refractivity contribution >= 4 is 39.6 Å². The van der Waals surface area contributed by atoms with Gasteiger partial charge in [-0.2, -0.15) is 0 Å². The van der Waals surface area contributed by atoms with Gasteiger partial charge >= 0.3 is 5.97 Å². The molecule has 1 aromatic rings. The summed E-state index contributed by atoms with van der Waals surface area (Å²) < 4.78 is 18.9. The number of hydrogen-bond acceptors (Lipinski definition) is 8. The van der Waals surface area contributed by atoms with Gasteiger partial charge in [0.2, 0.25) is 17.7 Å². The molecule has 11 nitrogen and oxygen atoms in total. The summed E-state index contributed by atoms with van der Waals surface area (Å²) in [5.74, 6) is -3.60. The Kier molecular flexibility index (Phi) is 11.3. The van der Waals surface area contributed by atoms with Gasteiger partial charge in [0, 0.05) is 44.3 Å². The third-order valence-corrected chi connectivity index (χ3v) is 9.97. The molecular formula is C34H44BrN3O8. The fraction of sp³-hybridized carbons (Fsp3) is 0.588. The van der Waals surface area contributed by atoms with Gasteiger partial charge in [-0.3, -0.25) is 19.2 Å². The number of amides is 3. The van der Waals surface area contributed by atoms with Crippen LogP contribution in [0.25, 0.3) is 0 Å². The summed E-state index contributed by atoms with van der Waals surface area (Å²) >= 11 is 3.59. The number of unbranched alkanes of at least 4 members (excludes halogenated alkanes) is 2. The Labute approximate surface area is 278 Å². The van der Waals surface area contributed by atoms with Crippen LogP contribution in [0, 0.1) is 11.8 Å². The zero-order chi connectivity index (χ0) is 32.8. The topological polar surface area (TPSA) is 135 Å². The molecular weight excluding hydrogens is 658 g/mol. The first-order chi connectivity index (χ1) is 22.3. The third-order valence-electron chi connectivity index (χ3n) is 9.29. The number of methoxy groups -OCH3 is 1. The molecule has 7 atom stereocenters. The van der Waals surface area contributed by atoms with Gasteiger partial charge in [0.25, 0.3) is 0 Å². The lowest BCUT2D eigenvalue weighted by Gasteiger charge is -2.36. The van der Waals surface area contributed by atoms with E-state index in [0.717, 1.165) is 19.3 Å². The van der Waals surface area contributed by atoms with Gasteiger partial charge in [0.1, 0.15) is 29.8 Å². The number of likely N-dealkylation sites (tertiary alicyclic amines) is 1. The summed E-state index contributed by atoms with van der Waals surface area (Å²) in [5.41, 5.74) is -0.734. The van der Waals surface area contributed by atoms with E-state index in [1.54, 1.807) is 11.0 Å². The molecule has 2 saturated heterocycles. The Balaban J connectivity index is 1.59. The summed E-state index contributed by atoms with van der Waals surface area (Å²) in [5, 5.41) is 12.7. The summed E-state index contributed by atoms with van der Waals surface area (Å²) in [6.07, 6.45) is 7.40. The van der Waals surface area contributed by atoms with Gasteiger partial charge in [0.15, 0.2) is 0 Å². The second kappa shape index (κ2) is 15.2. The highest BCUT2D eigenvalue weighted by molar-refractivity contribution is 9.11. The number of esters is 1. The van der Waals surface area contributed by atoms with E-state index in [-0.39, 0.29) is 50.3 Å². The molecule has 1 spiro atoms. The molecule has 46 heavy (non-hydrogen) atoms. The van der Waals surface area contributed by atoms with Crippen molar-refractivity contribution in [1.82, 2.24) is 15.1 Å². The number of hydrogen-bond donors (Lipinski definition) is 2. The van der Waals surface area contributed by atoms with Crippen molar-refractivity contribution in [2.75, 3.05) is 40.0 Å².